The van der Waals surface area contributed by atoms with Gasteiger partial charge in [-0.3, -0.25) is 11.3 Å². The maximum atomic E-state index is 13.2. The highest BCUT2D eigenvalue weighted by Crippen LogP contribution is 2.23. The zero-order valence-electron chi connectivity index (χ0n) is 10.5. The molecular formula is C13H20BrFN2. The number of halogens is 2. The highest BCUT2D eigenvalue weighted by Gasteiger charge is 2.20. The first kappa shape index (κ1) is 14.6. The van der Waals surface area contributed by atoms with Gasteiger partial charge in [-0.05, 0) is 42.0 Å². The third-order valence-corrected chi connectivity index (χ3v) is 4.12. The van der Waals surface area contributed by atoms with Gasteiger partial charge < -0.3 is 0 Å². The molecule has 0 heterocycles. The summed E-state index contributed by atoms with van der Waals surface area (Å²) in [4.78, 5) is 0. The fourth-order valence-electron chi connectivity index (χ4n) is 1.80. The van der Waals surface area contributed by atoms with Crippen LogP contribution in [-0.4, -0.2) is 6.04 Å². The molecule has 0 aliphatic heterocycles. The molecule has 0 saturated heterocycles. The monoisotopic (exact) mass is 302 g/mol. The summed E-state index contributed by atoms with van der Waals surface area (Å²) in [6.45, 7) is 6.48. The number of hydrogen-bond donors (Lipinski definition) is 2. The lowest BCUT2D eigenvalue weighted by molar-refractivity contribution is 0.299. The Morgan fingerprint density at radius 2 is 2.00 bits per heavy atom. The Morgan fingerprint density at radius 1 is 1.35 bits per heavy atom. The number of rotatable bonds is 5. The van der Waals surface area contributed by atoms with Crippen molar-refractivity contribution in [3.05, 3.63) is 34.1 Å². The Kier molecular flexibility index (Phi) is 5.56. The van der Waals surface area contributed by atoms with Crippen molar-refractivity contribution < 1.29 is 4.39 Å². The standard InChI is InChI=1S/C13H20BrFN2/c1-8(2)9(3)13(17-16)7-10-6-11(15)4-5-12(10)14/h4-6,8-9,13,17H,7,16H2,1-3H3. The Morgan fingerprint density at radius 3 is 2.53 bits per heavy atom. The van der Waals surface area contributed by atoms with Gasteiger partial charge in [0.2, 0.25) is 0 Å². The minimum absolute atomic E-state index is 0.146. The largest absolute Gasteiger partial charge is 0.271 e. The molecule has 1 aromatic rings. The van der Waals surface area contributed by atoms with Crippen molar-refractivity contribution in [1.29, 1.82) is 0 Å². The van der Waals surface area contributed by atoms with Gasteiger partial charge in [-0.25, -0.2) is 4.39 Å². The Balaban J connectivity index is 2.83. The van der Waals surface area contributed by atoms with E-state index in [0.717, 1.165) is 10.0 Å². The van der Waals surface area contributed by atoms with E-state index in [9.17, 15) is 4.39 Å². The van der Waals surface area contributed by atoms with E-state index < -0.39 is 0 Å². The Labute approximate surface area is 111 Å². The maximum absolute atomic E-state index is 13.2. The molecule has 0 aliphatic rings. The van der Waals surface area contributed by atoms with Gasteiger partial charge in [-0.2, -0.15) is 0 Å². The average molecular weight is 303 g/mol. The van der Waals surface area contributed by atoms with Gasteiger partial charge in [-0.1, -0.05) is 36.7 Å². The van der Waals surface area contributed by atoms with Gasteiger partial charge in [0.05, 0.1) is 0 Å². The smallest absolute Gasteiger partial charge is 0.123 e. The van der Waals surface area contributed by atoms with Crippen molar-refractivity contribution in [2.75, 3.05) is 0 Å². The third kappa shape index (κ3) is 4.05. The lowest BCUT2D eigenvalue weighted by atomic mass is 9.87. The molecule has 2 unspecified atom stereocenters. The second kappa shape index (κ2) is 6.47. The molecule has 1 aromatic carbocycles. The number of nitrogens with two attached hydrogens (primary N) is 1. The molecule has 0 amide bonds. The van der Waals surface area contributed by atoms with Gasteiger partial charge in [-0.15, -0.1) is 0 Å². The molecule has 0 bridgehead atoms. The average Bonchev–Trinajstić information content (AvgIpc) is 2.29. The topological polar surface area (TPSA) is 38.0 Å². The SMILES string of the molecule is CC(C)C(C)C(Cc1cc(F)ccc1Br)NN. The van der Waals surface area contributed by atoms with Crippen LogP contribution >= 0.6 is 15.9 Å². The molecule has 0 aromatic heterocycles. The third-order valence-electron chi connectivity index (χ3n) is 3.35. The summed E-state index contributed by atoms with van der Waals surface area (Å²) < 4.78 is 14.1. The van der Waals surface area contributed by atoms with Crippen LogP contribution in [-0.2, 0) is 6.42 Å². The quantitative estimate of drug-likeness (QED) is 0.647. The molecule has 96 valence electrons. The molecule has 3 N–H and O–H groups in total. The first-order valence-corrected chi connectivity index (χ1v) is 6.65. The van der Waals surface area contributed by atoms with Gasteiger partial charge in [0.25, 0.3) is 0 Å². The van der Waals surface area contributed by atoms with Crippen molar-refractivity contribution in [3.8, 4) is 0 Å². The molecule has 0 saturated carbocycles. The van der Waals surface area contributed by atoms with Crippen LogP contribution in [0.25, 0.3) is 0 Å². The van der Waals surface area contributed by atoms with Crippen LogP contribution in [0.4, 0.5) is 4.39 Å². The van der Waals surface area contributed by atoms with Crippen LogP contribution in [0.1, 0.15) is 26.3 Å². The fourth-order valence-corrected chi connectivity index (χ4v) is 2.21. The van der Waals surface area contributed by atoms with Crippen LogP contribution in [0.5, 0.6) is 0 Å². The van der Waals surface area contributed by atoms with Gasteiger partial charge in [0, 0.05) is 10.5 Å². The number of nitrogens with one attached hydrogen (secondary N) is 1. The molecule has 17 heavy (non-hydrogen) atoms. The minimum Gasteiger partial charge on any atom is -0.271 e. The summed E-state index contributed by atoms with van der Waals surface area (Å²) in [6, 6.07) is 4.89. The predicted molar refractivity (Wildman–Crippen MR) is 72.9 cm³/mol. The maximum Gasteiger partial charge on any atom is 0.123 e. The van der Waals surface area contributed by atoms with E-state index in [1.807, 2.05) is 0 Å². The minimum atomic E-state index is -0.212. The van der Waals surface area contributed by atoms with E-state index >= 15 is 0 Å². The second-order valence-corrected chi connectivity index (χ2v) is 5.67. The Bertz CT molecular complexity index is 368. The number of benzene rings is 1. The van der Waals surface area contributed by atoms with Crippen LogP contribution < -0.4 is 11.3 Å². The molecule has 0 spiro atoms. The second-order valence-electron chi connectivity index (χ2n) is 4.82. The number of hydrazine groups is 1. The highest BCUT2D eigenvalue weighted by molar-refractivity contribution is 9.10. The molecule has 0 aliphatic carbocycles. The van der Waals surface area contributed by atoms with E-state index in [1.54, 1.807) is 12.1 Å². The summed E-state index contributed by atoms with van der Waals surface area (Å²) in [5.41, 5.74) is 3.78. The predicted octanol–water partition coefficient (Wildman–Crippen LogP) is 3.25. The molecule has 4 heteroatoms. The van der Waals surface area contributed by atoms with E-state index in [-0.39, 0.29) is 11.9 Å². The lowest BCUT2D eigenvalue weighted by Gasteiger charge is -2.26. The highest BCUT2D eigenvalue weighted by atomic mass is 79.9. The van der Waals surface area contributed by atoms with Crippen molar-refractivity contribution >= 4 is 15.9 Å². The first-order valence-electron chi connectivity index (χ1n) is 5.85. The molecule has 1 rings (SSSR count). The number of hydrogen-bond acceptors (Lipinski definition) is 2. The molecule has 2 atom stereocenters. The summed E-state index contributed by atoms with van der Waals surface area (Å²) in [7, 11) is 0. The van der Waals surface area contributed by atoms with Crippen LogP contribution in [0, 0.1) is 17.7 Å². The van der Waals surface area contributed by atoms with Crippen LogP contribution in [0.2, 0.25) is 0 Å². The zero-order valence-corrected chi connectivity index (χ0v) is 12.1. The van der Waals surface area contributed by atoms with Gasteiger partial charge >= 0.3 is 0 Å². The van der Waals surface area contributed by atoms with Crippen molar-refractivity contribution in [2.45, 2.75) is 33.2 Å². The summed E-state index contributed by atoms with van der Waals surface area (Å²) in [5, 5.41) is 0. The van der Waals surface area contributed by atoms with Crippen molar-refractivity contribution in [1.82, 2.24) is 5.43 Å². The van der Waals surface area contributed by atoms with E-state index in [2.05, 4.69) is 42.1 Å². The van der Waals surface area contributed by atoms with Crippen LogP contribution in [0.15, 0.2) is 22.7 Å². The molecule has 0 radical (unpaired) electrons. The van der Waals surface area contributed by atoms with Crippen molar-refractivity contribution in [3.63, 3.8) is 0 Å². The molecule has 2 nitrogen and oxygen atoms in total. The summed E-state index contributed by atoms with van der Waals surface area (Å²) >= 11 is 3.44. The van der Waals surface area contributed by atoms with Crippen LogP contribution in [0.3, 0.4) is 0 Å². The normalized spacial score (nSPS) is 15.0. The van der Waals surface area contributed by atoms with Crippen molar-refractivity contribution in [2.24, 2.45) is 17.7 Å². The van der Waals surface area contributed by atoms with Gasteiger partial charge in [0.1, 0.15) is 5.82 Å². The van der Waals surface area contributed by atoms with Gasteiger partial charge in [0.15, 0.2) is 0 Å². The Hall–Kier alpha value is -0.450. The molecule has 0 fully saturated rings. The summed E-state index contributed by atoms with van der Waals surface area (Å²) in [5.74, 6) is 6.33. The first-order chi connectivity index (χ1) is 7.95. The fraction of sp³-hybridized carbons (Fsp3) is 0.538. The summed E-state index contributed by atoms with van der Waals surface area (Å²) in [6.07, 6.45) is 0.716. The lowest BCUT2D eigenvalue weighted by Crippen LogP contribution is -2.43. The van der Waals surface area contributed by atoms with E-state index in [0.29, 0.717) is 18.3 Å². The molecular weight excluding hydrogens is 283 g/mol. The zero-order chi connectivity index (χ0) is 13.0. The van der Waals surface area contributed by atoms with E-state index in [1.165, 1.54) is 6.07 Å². The van der Waals surface area contributed by atoms with E-state index in [4.69, 9.17) is 5.84 Å².